The number of hydrogen-bond acceptors (Lipinski definition) is 6. The molecule has 0 aliphatic carbocycles. The number of esters is 1. The van der Waals surface area contributed by atoms with Crippen LogP contribution in [0.5, 0.6) is 11.5 Å². The molecule has 2 aromatic rings. The molecule has 1 fully saturated rings. The number of cyclic esters (lactones) is 1. The fourth-order valence-corrected chi connectivity index (χ4v) is 3.76. The summed E-state index contributed by atoms with van der Waals surface area (Å²) in [7, 11) is 3.04. The summed E-state index contributed by atoms with van der Waals surface area (Å²) >= 11 is 0. The molecular weight excluding hydrogens is 351 g/mol. The van der Waals surface area contributed by atoms with E-state index < -0.39 is 12.2 Å². The van der Waals surface area contributed by atoms with E-state index in [9.17, 15) is 9.18 Å². The molecule has 142 valence electrons. The van der Waals surface area contributed by atoms with E-state index in [2.05, 4.69) is 4.90 Å². The van der Waals surface area contributed by atoms with Gasteiger partial charge in [0.25, 0.3) is 0 Å². The highest BCUT2D eigenvalue weighted by Gasteiger charge is 2.40. The summed E-state index contributed by atoms with van der Waals surface area (Å²) in [5.41, 5.74) is 1.79. The first-order chi connectivity index (χ1) is 13.1. The Labute approximate surface area is 157 Å². The van der Waals surface area contributed by atoms with Crippen LogP contribution < -0.4 is 14.4 Å². The molecule has 2 aromatic carbocycles. The molecular formula is C20H21FN2O4. The van der Waals surface area contributed by atoms with Crippen molar-refractivity contribution in [1.29, 1.82) is 0 Å². The number of anilines is 1. The molecule has 7 heteroatoms. The molecule has 1 atom stereocenters. The van der Waals surface area contributed by atoms with Crippen LogP contribution in [-0.4, -0.2) is 51.3 Å². The number of carbonyl (C=O) groups excluding carboxylic acids is 1. The van der Waals surface area contributed by atoms with Crippen LogP contribution >= 0.6 is 0 Å². The van der Waals surface area contributed by atoms with E-state index in [-0.39, 0.29) is 5.82 Å². The highest BCUT2D eigenvalue weighted by Crippen LogP contribution is 2.43. The minimum atomic E-state index is -0.463. The molecule has 1 saturated heterocycles. The van der Waals surface area contributed by atoms with E-state index in [1.807, 2.05) is 17.0 Å². The number of piperazine rings is 1. The third-order valence-corrected chi connectivity index (χ3v) is 5.11. The first kappa shape index (κ1) is 17.6. The maximum absolute atomic E-state index is 14.0. The molecule has 0 unspecified atom stereocenters. The van der Waals surface area contributed by atoms with Crippen LogP contribution in [0.25, 0.3) is 0 Å². The van der Waals surface area contributed by atoms with E-state index in [1.165, 1.54) is 20.3 Å². The summed E-state index contributed by atoms with van der Waals surface area (Å²) in [4.78, 5) is 16.6. The van der Waals surface area contributed by atoms with E-state index in [1.54, 1.807) is 18.2 Å². The van der Waals surface area contributed by atoms with Gasteiger partial charge in [-0.05, 0) is 24.3 Å². The summed E-state index contributed by atoms with van der Waals surface area (Å²) in [6.45, 7) is 2.61. The van der Waals surface area contributed by atoms with Gasteiger partial charge in [0.15, 0.2) is 17.7 Å². The van der Waals surface area contributed by atoms with Crippen LogP contribution in [0.4, 0.5) is 10.1 Å². The number of ether oxygens (including phenoxy) is 3. The SMILES string of the molecule is COc1ccc2c(c1OC)C(=O)O[C@@H]2N1CCN(c2ccccc2F)CC1. The Bertz CT molecular complexity index is 865. The zero-order chi connectivity index (χ0) is 19.0. The Morgan fingerprint density at radius 1 is 1.04 bits per heavy atom. The molecule has 2 heterocycles. The molecule has 0 spiro atoms. The normalized spacial score (nSPS) is 19.6. The van der Waals surface area contributed by atoms with Gasteiger partial charge in [0.1, 0.15) is 11.4 Å². The van der Waals surface area contributed by atoms with Crippen LogP contribution in [0.2, 0.25) is 0 Å². The predicted octanol–water partition coefficient (Wildman–Crippen LogP) is 2.83. The number of benzene rings is 2. The second kappa shape index (κ2) is 7.08. The Morgan fingerprint density at radius 2 is 1.78 bits per heavy atom. The van der Waals surface area contributed by atoms with Gasteiger partial charge in [-0.3, -0.25) is 4.90 Å². The second-order valence-corrected chi connectivity index (χ2v) is 6.50. The minimum Gasteiger partial charge on any atom is -0.493 e. The van der Waals surface area contributed by atoms with Gasteiger partial charge in [-0.15, -0.1) is 0 Å². The van der Waals surface area contributed by atoms with Crippen LogP contribution in [0.15, 0.2) is 36.4 Å². The molecule has 2 aliphatic rings. The summed E-state index contributed by atoms with van der Waals surface area (Å²) < 4.78 is 30.3. The van der Waals surface area contributed by atoms with Crippen molar-refractivity contribution in [3.63, 3.8) is 0 Å². The molecule has 6 nitrogen and oxygen atoms in total. The number of hydrogen-bond donors (Lipinski definition) is 0. The van der Waals surface area contributed by atoms with E-state index >= 15 is 0 Å². The smallest absolute Gasteiger partial charge is 0.344 e. The van der Waals surface area contributed by atoms with Gasteiger partial charge in [0, 0.05) is 31.7 Å². The standard InChI is InChI=1S/C20H21FN2O4/c1-25-16-8-7-13-17(18(16)26-2)20(24)27-19(13)23-11-9-22(10-12-23)15-6-4-3-5-14(15)21/h3-8,19H,9-12H2,1-2H3/t19-/m0/s1. The van der Waals surface area contributed by atoms with E-state index in [4.69, 9.17) is 14.2 Å². The van der Waals surface area contributed by atoms with Crippen molar-refractivity contribution in [2.75, 3.05) is 45.3 Å². The maximum atomic E-state index is 14.0. The second-order valence-electron chi connectivity index (χ2n) is 6.50. The van der Waals surface area contributed by atoms with Crippen molar-refractivity contribution in [3.8, 4) is 11.5 Å². The van der Waals surface area contributed by atoms with Gasteiger partial charge < -0.3 is 19.1 Å². The Morgan fingerprint density at radius 3 is 2.44 bits per heavy atom. The minimum absolute atomic E-state index is 0.222. The number of nitrogens with zero attached hydrogens (tertiary/aromatic N) is 2. The summed E-state index contributed by atoms with van der Waals surface area (Å²) in [6.07, 6.45) is -0.463. The van der Waals surface area contributed by atoms with Crippen molar-refractivity contribution in [2.45, 2.75) is 6.23 Å². The third-order valence-electron chi connectivity index (χ3n) is 5.11. The van der Waals surface area contributed by atoms with Gasteiger partial charge >= 0.3 is 5.97 Å². The van der Waals surface area contributed by atoms with Crippen molar-refractivity contribution >= 4 is 11.7 Å². The first-order valence-corrected chi connectivity index (χ1v) is 8.83. The molecule has 0 radical (unpaired) electrons. The lowest BCUT2D eigenvalue weighted by molar-refractivity contribution is -0.0251. The highest BCUT2D eigenvalue weighted by atomic mass is 19.1. The Balaban J connectivity index is 1.54. The van der Waals surface area contributed by atoms with Gasteiger partial charge in [-0.25, -0.2) is 9.18 Å². The number of rotatable bonds is 4. The molecule has 2 aliphatic heterocycles. The van der Waals surface area contributed by atoms with Crippen molar-refractivity contribution in [2.24, 2.45) is 0 Å². The highest BCUT2D eigenvalue weighted by molar-refractivity contribution is 5.98. The summed E-state index contributed by atoms with van der Waals surface area (Å²) in [5, 5.41) is 0. The number of methoxy groups -OCH3 is 2. The predicted molar refractivity (Wildman–Crippen MR) is 97.9 cm³/mol. The monoisotopic (exact) mass is 372 g/mol. The van der Waals surface area contributed by atoms with E-state index in [0.29, 0.717) is 48.9 Å². The van der Waals surface area contributed by atoms with Crippen LogP contribution in [0.3, 0.4) is 0 Å². The lowest BCUT2D eigenvalue weighted by Gasteiger charge is -2.38. The van der Waals surface area contributed by atoms with Gasteiger partial charge in [0.05, 0.1) is 19.9 Å². The van der Waals surface area contributed by atoms with Crippen molar-refractivity contribution < 1.29 is 23.4 Å². The van der Waals surface area contributed by atoms with Gasteiger partial charge in [-0.1, -0.05) is 12.1 Å². The van der Waals surface area contributed by atoms with E-state index in [0.717, 1.165) is 5.56 Å². The summed E-state index contributed by atoms with van der Waals surface area (Å²) in [5.74, 6) is 0.258. The quantitative estimate of drug-likeness (QED) is 0.770. The number of fused-ring (bicyclic) bond motifs is 1. The molecule has 27 heavy (non-hydrogen) atoms. The number of halogens is 1. The molecule has 0 bridgehead atoms. The molecule has 0 N–H and O–H groups in total. The maximum Gasteiger partial charge on any atom is 0.344 e. The fraction of sp³-hybridized carbons (Fsp3) is 0.350. The topological polar surface area (TPSA) is 51.2 Å². The zero-order valence-corrected chi connectivity index (χ0v) is 15.3. The summed E-state index contributed by atoms with van der Waals surface area (Å²) in [6, 6.07) is 10.4. The van der Waals surface area contributed by atoms with Gasteiger partial charge in [-0.2, -0.15) is 0 Å². The zero-order valence-electron chi connectivity index (χ0n) is 15.3. The average molecular weight is 372 g/mol. The van der Waals surface area contributed by atoms with Crippen LogP contribution in [0, 0.1) is 5.82 Å². The molecule has 0 saturated carbocycles. The largest absolute Gasteiger partial charge is 0.493 e. The van der Waals surface area contributed by atoms with Crippen LogP contribution in [-0.2, 0) is 4.74 Å². The Kier molecular flexibility index (Phi) is 4.61. The van der Waals surface area contributed by atoms with Crippen LogP contribution in [0.1, 0.15) is 22.1 Å². The molecule has 0 aromatic heterocycles. The first-order valence-electron chi connectivity index (χ1n) is 8.83. The third kappa shape index (κ3) is 2.98. The average Bonchev–Trinajstić information content (AvgIpc) is 3.04. The number of carbonyl (C=O) groups is 1. The van der Waals surface area contributed by atoms with Crippen molar-refractivity contribution in [1.82, 2.24) is 4.90 Å². The van der Waals surface area contributed by atoms with Gasteiger partial charge in [0.2, 0.25) is 0 Å². The lowest BCUT2D eigenvalue weighted by Crippen LogP contribution is -2.48. The number of para-hydroxylation sites is 1. The molecule has 0 amide bonds. The Hall–Kier alpha value is -2.80. The lowest BCUT2D eigenvalue weighted by atomic mass is 10.1. The molecule has 4 rings (SSSR count). The fourth-order valence-electron chi connectivity index (χ4n) is 3.76. The van der Waals surface area contributed by atoms with Crippen molar-refractivity contribution in [3.05, 3.63) is 53.3 Å².